The van der Waals surface area contributed by atoms with Crippen LogP contribution in [0.5, 0.6) is 5.75 Å². The summed E-state index contributed by atoms with van der Waals surface area (Å²) < 4.78 is 30.7. The first-order valence-corrected chi connectivity index (χ1v) is 10.9. The molecule has 0 N–H and O–H groups in total. The molecule has 3 rings (SSSR count). The molecule has 1 saturated heterocycles. The van der Waals surface area contributed by atoms with Gasteiger partial charge in [-0.1, -0.05) is 30.3 Å². The highest BCUT2D eigenvalue weighted by Crippen LogP contribution is 2.23. The fourth-order valence-corrected chi connectivity index (χ4v) is 5.08. The second kappa shape index (κ2) is 8.57. The number of hydrogen-bond acceptors (Lipinski definition) is 4. The molecule has 0 radical (unpaired) electrons. The Kier molecular flexibility index (Phi) is 6.16. The zero-order valence-corrected chi connectivity index (χ0v) is 16.3. The smallest absolute Gasteiger partial charge is 0.227 e. The molecule has 1 heterocycles. The number of carbonyl (C=O) groups excluding carboxylic acids is 1. The van der Waals surface area contributed by atoms with Crippen molar-refractivity contribution in [3.63, 3.8) is 0 Å². The molecule has 1 amide bonds. The van der Waals surface area contributed by atoms with Gasteiger partial charge in [0, 0.05) is 12.6 Å². The fraction of sp³-hybridized carbons (Fsp3) is 0.381. The third-order valence-corrected chi connectivity index (χ3v) is 6.62. The lowest BCUT2D eigenvalue weighted by Gasteiger charge is -2.25. The molecule has 1 aliphatic rings. The lowest BCUT2D eigenvalue weighted by atomic mass is 10.1. The number of carbonyl (C=O) groups is 1. The summed E-state index contributed by atoms with van der Waals surface area (Å²) in [6, 6.07) is 15.7. The Balaban J connectivity index is 1.66. The van der Waals surface area contributed by atoms with Crippen LogP contribution in [0.3, 0.4) is 0 Å². The maximum Gasteiger partial charge on any atom is 0.227 e. The lowest BCUT2D eigenvalue weighted by Crippen LogP contribution is -2.40. The Morgan fingerprint density at radius 3 is 2.48 bits per heavy atom. The molecular weight excluding hydrogens is 362 g/mol. The normalized spacial score (nSPS) is 17.1. The van der Waals surface area contributed by atoms with E-state index in [1.165, 1.54) is 0 Å². The van der Waals surface area contributed by atoms with Gasteiger partial charge in [0.2, 0.25) is 5.91 Å². The van der Waals surface area contributed by atoms with Crippen molar-refractivity contribution in [2.75, 3.05) is 18.9 Å². The molecule has 0 unspecified atom stereocenters. The minimum absolute atomic E-state index is 0.0218. The Morgan fingerprint density at radius 1 is 1.11 bits per heavy atom. The third kappa shape index (κ3) is 4.89. The summed E-state index contributed by atoms with van der Waals surface area (Å²) in [6.45, 7) is 3.14. The van der Waals surface area contributed by atoms with Crippen LogP contribution in [0.1, 0.15) is 25.3 Å². The van der Waals surface area contributed by atoms with E-state index < -0.39 is 9.84 Å². The molecule has 5 nitrogen and oxygen atoms in total. The van der Waals surface area contributed by atoms with Gasteiger partial charge in [0.25, 0.3) is 0 Å². The standard InChI is InChI=1S/C21H25NO4S/c1-2-26-19-12-10-17(11-13-19)15-21(23)22-14-6-7-18(22)16-27(24,25)20-8-4-3-5-9-20/h3-5,8-13,18H,2,6-7,14-16H2,1H3/t18-/m0/s1. The van der Waals surface area contributed by atoms with Crippen molar-refractivity contribution in [2.24, 2.45) is 0 Å². The predicted octanol–water partition coefficient (Wildman–Crippen LogP) is 3.09. The van der Waals surface area contributed by atoms with Gasteiger partial charge < -0.3 is 9.64 Å². The molecule has 1 aliphatic heterocycles. The monoisotopic (exact) mass is 387 g/mol. The van der Waals surface area contributed by atoms with Gasteiger partial charge in [0.15, 0.2) is 9.84 Å². The highest BCUT2D eigenvalue weighted by Gasteiger charge is 2.32. The lowest BCUT2D eigenvalue weighted by molar-refractivity contribution is -0.130. The number of hydrogen-bond donors (Lipinski definition) is 0. The SMILES string of the molecule is CCOc1ccc(CC(=O)N2CCC[C@H]2CS(=O)(=O)c2ccccc2)cc1. The Bertz CT molecular complexity index is 863. The van der Waals surface area contributed by atoms with Crippen molar-refractivity contribution in [3.05, 3.63) is 60.2 Å². The summed E-state index contributed by atoms with van der Waals surface area (Å²) in [4.78, 5) is 14.8. The van der Waals surface area contributed by atoms with E-state index in [1.54, 1.807) is 35.2 Å². The zero-order valence-electron chi connectivity index (χ0n) is 15.5. The van der Waals surface area contributed by atoms with Gasteiger partial charge in [-0.05, 0) is 49.6 Å². The maximum atomic E-state index is 12.8. The van der Waals surface area contributed by atoms with Crippen LogP contribution in [0.15, 0.2) is 59.5 Å². The first kappa shape index (κ1) is 19.4. The van der Waals surface area contributed by atoms with Crippen molar-refractivity contribution >= 4 is 15.7 Å². The van der Waals surface area contributed by atoms with Crippen molar-refractivity contribution < 1.29 is 17.9 Å². The van der Waals surface area contributed by atoms with Gasteiger partial charge >= 0.3 is 0 Å². The van der Waals surface area contributed by atoms with Gasteiger partial charge in [-0.3, -0.25) is 4.79 Å². The third-order valence-electron chi connectivity index (χ3n) is 4.80. The number of rotatable bonds is 7. The second-order valence-electron chi connectivity index (χ2n) is 6.73. The molecule has 0 saturated carbocycles. The van der Waals surface area contributed by atoms with Gasteiger partial charge in [-0.25, -0.2) is 8.42 Å². The number of likely N-dealkylation sites (tertiary alicyclic amines) is 1. The number of benzene rings is 2. The highest BCUT2D eigenvalue weighted by atomic mass is 32.2. The average molecular weight is 388 g/mol. The molecule has 0 aliphatic carbocycles. The molecule has 0 spiro atoms. The molecule has 6 heteroatoms. The summed E-state index contributed by atoms with van der Waals surface area (Å²) in [5.74, 6) is 0.734. The van der Waals surface area contributed by atoms with Crippen molar-refractivity contribution in [1.82, 2.24) is 4.90 Å². The Hall–Kier alpha value is -2.34. The Labute approximate surface area is 160 Å². The topological polar surface area (TPSA) is 63.7 Å². The molecule has 144 valence electrons. The maximum absolute atomic E-state index is 12.8. The molecule has 1 fully saturated rings. The molecule has 2 aromatic rings. The van der Waals surface area contributed by atoms with Crippen LogP contribution in [0.4, 0.5) is 0 Å². The first-order valence-electron chi connectivity index (χ1n) is 9.28. The van der Waals surface area contributed by atoms with Gasteiger partial charge in [0.05, 0.1) is 23.7 Å². The van der Waals surface area contributed by atoms with Crippen LogP contribution in [0, 0.1) is 0 Å². The average Bonchev–Trinajstić information content (AvgIpc) is 3.12. The van der Waals surface area contributed by atoms with Crippen molar-refractivity contribution in [1.29, 1.82) is 0 Å². The number of amides is 1. The van der Waals surface area contributed by atoms with Crippen molar-refractivity contribution in [3.8, 4) is 5.75 Å². The van der Waals surface area contributed by atoms with E-state index in [4.69, 9.17) is 4.74 Å². The Morgan fingerprint density at radius 2 is 1.81 bits per heavy atom. The highest BCUT2D eigenvalue weighted by molar-refractivity contribution is 7.91. The summed E-state index contributed by atoms with van der Waals surface area (Å²) >= 11 is 0. The van der Waals surface area contributed by atoms with Gasteiger partial charge in [-0.2, -0.15) is 0 Å². The molecule has 0 bridgehead atoms. The first-order chi connectivity index (χ1) is 13.0. The van der Waals surface area contributed by atoms with Gasteiger partial charge in [-0.15, -0.1) is 0 Å². The van der Waals surface area contributed by atoms with Crippen LogP contribution in [0.25, 0.3) is 0 Å². The van der Waals surface area contributed by atoms with Crippen LogP contribution < -0.4 is 4.74 Å². The quantitative estimate of drug-likeness (QED) is 0.732. The molecule has 27 heavy (non-hydrogen) atoms. The number of nitrogens with zero attached hydrogens (tertiary/aromatic N) is 1. The van der Waals surface area contributed by atoms with Crippen LogP contribution >= 0.6 is 0 Å². The van der Waals surface area contributed by atoms with Crippen LogP contribution in [-0.4, -0.2) is 44.2 Å². The molecule has 1 atom stereocenters. The van der Waals surface area contributed by atoms with E-state index in [1.807, 2.05) is 31.2 Å². The summed E-state index contributed by atoms with van der Waals surface area (Å²) in [5, 5.41) is 0. The second-order valence-corrected chi connectivity index (χ2v) is 8.77. The van der Waals surface area contributed by atoms with Gasteiger partial charge in [0.1, 0.15) is 5.75 Å². The predicted molar refractivity (Wildman–Crippen MR) is 105 cm³/mol. The van der Waals surface area contributed by atoms with E-state index in [-0.39, 0.29) is 24.1 Å². The summed E-state index contributed by atoms with van der Waals surface area (Å²) in [5.41, 5.74) is 0.903. The molecule has 2 aromatic carbocycles. The summed E-state index contributed by atoms with van der Waals surface area (Å²) in [6.07, 6.45) is 1.83. The van der Waals surface area contributed by atoms with Crippen LogP contribution in [-0.2, 0) is 21.1 Å². The fourth-order valence-electron chi connectivity index (χ4n) is 3.46. The van der Waals surface area contributed by atoms with E-state index in [0.717, 1.165) is 24.2 Å². The van der Waals surface area contributed by atoms with E-state index in [2.05, 4.69) is 0 Å². The van der Waals surface area contributed by atoms with Crippen molar-refractivity contribution in [2.45, 2.75) is 37.1 Å². The van der Waals surface area contributed by atoms with E-state index in [9.17, 15) is 13.2 Å². The minimum Gasteiger partial charge on any atom is -0.494 e. The summed E-state index contributed by atoms with van der Waals surface area (Å²) in [7, 11) is -3.41. The zero-order chi connectivity index (χ0) is 19.3. The van der Waals surface area contributed by atoms with E-state index >= 15 is 0 Å². The molecular formula is C21H25NO4S. The molecule has 0 aromatic heterocycles. The van der Waals surface area contributed by atoms with E-state index in [0.29, 0.717) is 18.0 Å². The van der Waals surface area contributed by atoms with Crippen LogP contribution in [0.2, 0.25) is 0 Å². The minimum atomic E-state index is -3.41. The largest absolute Gasteiger partial charge is 0.494 e. The number of sulfone groups is 1. The number of ether oxygens (including phenoxy) is 1.